The van der Waals surface area contributed by atoms with E-state index in [4.69, 9.17) is 0 Å². The van der Waals surface area contributed by atoms with Gasteiger partial charge in [0.05, 0.1) is 0 Å². The van der Waals surface area contributed by atoms with Crippen molar-refractivity contribution >= 4 is 17.7 Å². The molecular formula is C17H34N4S. The third-order valence-electron chi connectivity index (χ3n) is 5.01. The molecule has 0 bridgehead atoms. The highest BCUT2D eigenvalue weighted by atomic mass is 32.2. The lowest BCUT2D eigenvalue weighted by atomic mass is 10.0. The average molecular weight is 327 g/mol. The topological polar surface area (TPSA) is 39.7 Å². The standard InChI is InChI=1S/C17H34N4S/c1-4-21-11-7-6-8-15(21)13-19-17(18-3)20-14-9-10-16(12-14)22-5-2/h14-16H,4-13H2,1-3H3,(H2,18,19,20). The van der Waals surface area contributed by atoms with Gasteiger partial charge in [-0.3, -0.25) is 9.89 Å². The van der Waals surface area contributed by atoms with Gasteiger partial charge in [-0.15, -0.1) is 0 Å². The summed E-state index contributed by atoms with van der Waals surface area (Å²) >= 11 is 2.11. The Balaban J connectivity index is 1.73. The molecule has 5 heteroatoms. The summed E-state index contributed by atoms with van der Waals surface area (Å²) in [7, 11) is 1.89. The minimum Gasteiger partial charge on any atom is -0.355 e. The van der Waals surface area contributed by atoms with Crippen molar-refractivity contribution in [3.05, 3.63) is 0 Å². The molecule has 0 aromatic heterocycles. The number of thioether (sulfide) groups is 1. The molecule has 0 amide bonds. The van der Waals surface area contributed by atoms with Crippen LogP contribution in [-0.2, 0) is 0 Å². The maximum atomic E-state index is 4.43. The molecule has 1 heterocycles. The lowest BCUT2D eigenvalue weighted by Gasteiger charge is -2.35. The molecule has 1 aliphatic carbocycles. The highest BCUT2D eigenvalue weighted by molar-refractivity contribution is 7.99. The van der Waals surface area contributed by atoms with E-state index in [0.29, 0.717) is 12.1 Å². The van der Waals surface area contributed by atoms with Gasteiger partial charge in [-0.1, -0.05) is 20.3 Å². The Morgan fingerprint density at radius 2 is 2.09 bits per heavy atom. The van der Waals surface area contributed by atoms with Crippen LogP contribution in [0.3, 0.4) is 0 Å². The molecule has 4 nitrogen and oxygen atoms in total. The maximum absolute atomic E-state index is 4.43. The Morgan fingerprint density at radius 3 is 2.82 bits per heavy atom. The van der Waals surface area contributed by atoms with Gasteiger partial charge in [0.1, 0.15) is 0 Å². The lowest BCUT2D eigenvalue weighted by Crippen LogP contribution is -2.50. The molecule has 128 valence electrons. The summed E-state index contributed by atoms with van der Waals surface area (Å²) in [6.45, 7) is 7.97. The van der Waals surface area contributed by atoms with Crippen molar-refractivity contribution in [3.63, 3.8) is 0 Å². The van der Waals surface area contributed by atoms with Gasteiger partial charge >= 0.3 is 0 Å². The summed E-state index contributed by atoms with van der Waals surface area (Å²) in [6, 6.07) is 1.27. The molecule has 1 saturated heterocycles. The summed E-state index contributed by atoms with van der Waals surface area (Å²) in [5, 5.41) is 8.04. The van der Waals surface area contributed by atoms with Crippen LogP contribution in [0, 0.1) is 0 Å². The zero-order chi connectivity index (χ0) is 15.8. The van der Waals surface area contributed by atoms with Crippen LogP contribution in [0.15, 0.2) is 4.99 Å². The van der Waals surface area contributed by atoms with Crippen molar-refractivity contribution < 1.29 is 0 Å². The normalized spacial score (nSPS) is 30.5. The molecule has 3 atom stereocenters. The molecule has 2 aliphatic rings. The molecule has 2 rings (SSSR count). The number of aliphatic imine (C=N–C) groups is 1. The number of guanidine groups is 1. The quantitative estimate of drug-likeness (QED) is 0.581. The number of nitrogens with one attached hydrogen (secondary N) is 2. The first kappa shape index (κ1) is 17.9. The molecular weight excluding hydrogens is 292 g/mol. The average Bonchev–Trinajstić information content (AvgIpc) is 2.99. The van der Waals surface area contributed by atoms with Crippen LogP contribution in [0.2, 0.25) is 0 Å². The number of nitrogens with zero attached hydrogens (tertiary/aromatic N) is 2. The highest BCUT2D eigenvalue weighted by Gasteiger charge is 2.26. The predicted octanol–water partition coefficient (Wildman–Crippen LogP) is 2.70. The molecule has 0 spiro atoms. The second kappa shape index (κ2) is 9.66. The summed E-state index contributed by atoms with van der Waals surface area (Å²) < 4.78 is 0. The molecule has 0 radical (unpaired) electrons. The number of rotatable bonds is 6. The van der Waals surface area contributed by atoms with Crippen LogP contribution >= 0.6 is 11.8 Å². The van der Waals surface area contributed by atoms with Gasteiger partial charge in [-0.25, -0.2) is 0 Å². The highest BCUT2D eigenvalue weighted by Crippen LogP contribution is 2.29. The second-order valence-electron chi connectivity index (χ2n) is 6.46. The molecule has 2 fully saturated rings. The number of piperidine rings is 1. The monoisotopic (exact) mass is 326 g/mol. The first-order chi connectivity index (χ1) is 10.8. The van der Waals surface area contributed by atoms with Crippen molar-refractivity contribution in [1.82, 2.24) is 15.5 Å². The van der Waals surface area contributed by atoms with E-state index in [1.54, 1.807) is 0 Å². The SMILES string of the molecule is CCSC1CCC(NC(=NC)NCC2CCCCN2CC)C1. The fourth-order valence-corrected chi connectivity index (χ4v) is 4.91. The van der Waals surface area contributed by atoms with Crippen molar-refractivity contribution in [1.29, 1.82) is 0 Å². The van der Waals surface area contributed by atoms with Crippen LogP contribution < -0.4 is 10.6 Å². The first-order valence-electron chi connectivity index (χ1n) is 9.09. The maximum Gasteiger partial charge on any atom is 0.191 e. The molecule has 1 saturated carbocycles. The zero-order valence-corrected chi connectivity index (χ0v) is 15.4. The summed E-state index contributed by atoms with van der Waals surface area (Å²) in [4.78, 5) is 7.03. The predicted molar refractivity (Wildman–Crippen MR) is 98.9 cm³/mol. The van der Waals surface area contributed by atoms with E-state index in [2.05, 4.69) is 46.1 Å². The molecule has 22 heavy (non-hydrogen) atoms. The Bertz CT molecular complexity index is 348. The van der Waals surface area contributed by atoms with Crippen molar-refractivity contribution in [2.75, 3.05) is 32.4 Å². The van der Waals surface area contributed by atoms with E-state index in [-0.39, 0.29) is 0 Å². The minimum atomic E-state index is 0.601. The van der Waals surface area contributed by atoms with E-state index in [1.165, 1.54) is 50.8 Å². The summed E-state index contributed by atoms with van der Waals surface area (Å²) in [5.41, 5.74) is 0. The van der Waals surface area contributed by atoms with E-state index in [0.717, 1.165) is 24.3 Å². The van der Waals surface area contributed by atoms with E-state index < -0.39 is 0 Å². The van der Waals surface area contributed by atoms with Crippen molar-refractivity contribution in [3.8, 4) is 0 Å². The smallest absolute Gasteiger partial charge is 0.191 e. The largest absolute Gasteiger partial charge is 0.355 e. The Labute approximate surface area is 140 Å². The Hall–Kier alpha value is -0.420. The molecule has 1 aliphatic heterocycles. The molecule has 0 aromatic rings. The van der Waals surface area contributed by atoms with Gasteiger partial charge in [0.15, 0.2) is 5.96 Å². The van der Waals surface area contributed by atoms with Gasteiger partial charge in [-0.2, -0.15) is 11.8 Å². The van der Waals surface area contributed by atoms with E-state index in [1.807, 2.05) is 7.05 Å². The van der Waals surface area contributed by atoms with Gasteiger partial charge in [0, 0.05) is 30.9 Å². The van der Waals surface area contributed by atoms with E-state index in [9.17, 15) is 0 Å². The number of hydrogen-bond donors (Lipinski definition) is 2. The number of hydrogen-bond acceptors (Lipinski definition) is 3. The fraction of sp³-hybridized carbons (Fsp3) is 0.941. The second-order valence-corrected chi connectivity index (χ2v) is 8.04. The van der Waals surface area contributed by atoms with Gasteiger partial charge < -0.3 is 10.6 Å². The van der Waals surface area contributed by atoms with Crippen molar-refractivity contribution in [2.45, 2.75) is 69.7 Å². The van der Waals surface area contributed by atoms with Crippen LogP contribution in [-0.4, -0.2) is 60.6 Å². The third-order valence-corrected chi connectivity index (χ3v) is 6.24. The molecule has 0 aromatic carbocycles. The molecule has 3 unspecified atom stereocenters. The lowest BCUT2D eigenvalue weighted by molar-refractivity contribution is 0.157. The third kappa shape index (κ3) is 5.34. The van der Waals surface area contributed by atoms with E-state index >= 15 is 0 Å². The van der Waals surface area contributed by atoms with Crippen LogP contribution in [0.25, 0.3) is 0 Å². The van der Waals surface area contributed by atoms with Crippen molar-refractivity contribution in [2.24, 2.45) is 4.99 Å². The Kier molecular flexibility index (Phi) is 7.87. The van der Waals surface area contributed by atoms with Crippen LogP contribution in [0.4, 0.5) is 0 Å². The summed E-state index contributed by atoms with van der Waals surface area (Å²) in [5.74, 6) is 2.23. The zero-order valence-electron chi connectivity index (χ0n) is 14.6. The molecule has 2 N–H and O–H groups in total. The number of likely N-dealkylation sites (tertiary alicyclic amines) is 1. The fourth-order valence-electron chi connectivity index (χ4n) is 3.77. The number of likely N-dealkylation sites (N-methyl/N-ethyl adjacent to an activating group) is 1. The van der Waals surface area contributed by atoms with Crippen LogP contribution in [0.5, 0.6) is 0 Å². The van der Waals surface area contributed by atoms with Crippen LogP contribution in [0.1, 0.15) is 52.4 Å². The Morgan fingerprint density at radius 1 is 1.23 bits per heavy atom. The van der Waals surface area contributed by atoms with Gasteiger partial charge in [0.2, 0.25) is 0 Å². The minimum absolute atomic E-state index is 0.601. The van der Waals surface area contributed by atoms with Gasteiger partial charge in [-0.05, 0) is 50.9 Å². The first-order valence-corrected chi connectivity index (χ1v) is 10.1. The summed E-state index contributed by atoms with van der Waals surface area (Å²) in [6.07, 6.45) is 7.95. The van der Waals surface area contributed by atoms with Gasteiger partial charge in [0.25, 0.3) is 0 Å².